The third kappa shape index (κ3) is 7.42. The average Bonchev–Trinajstić information content (AvgIpc) is 3.40. The molecule has 0 saturated carbocycles. The number of aliphatic hydroxyl groups is 1. The van der Waals surface area contributed by atoms with Crippen LogP contribution in [-0.2, 0) is 41.9 Å². The number of nitrogens with two attached hydrogens (primary N) is 1. The SMILES string of the molecule is CC(C)(C)C(=O)OCOP(=O)(OCOC(=O)C(C)(C)C)OC[C@H]1O[C@@H](n2nnc3c(N)ncnc32)C[C@@H]1O. The lowest BCUT2D eigenvalue weighted by atomic mass is 9.98. The number of carbonyl (C=O) groups excluding carboxylic acids is 2. The number of aliphatic hydroxyl groups excluding tert-OH is 1. The van der Waals surface area contributed by atoms with E-state index in [2.05, 4.69) is 20.3 Å². The van der Waals surface area contributed by atoms with E-state index < -0.39 is 69.2 Å². The van der Waals surface area contributed by atoms with Gasteiger partial charge in [-0.3, -0.25) is 14.1 Å². The Bertz CT molecular complexity index is 1160. The molecule has 0 amide bonds. The highest BCUT2D eigenvalue weighted by Gasteiger charge is 2.40. The van der Waals surface area contributed by atoms with Crippen LogP contribution in [0, 0.1) is 10.8 Å². The zero-order valence-corrected chi connectivity index (χ0v) is 22.9. The predicted molar refractivity (Wildman–Crippen MR) is 129 cm³/mol. The van der Waals surface area contributed by atoms with Crippen LogP contribution in [-0.4, -0.2) is 74.4 Å². The molecule has 17 heteroatoms. The molecule has 1 aliphatic heterocycles. The highest BCUT2D eigenvalue weighted by molar-refractivity contribution is 7.48. The molecule has 3 rings (SSSR count). The Morgan fingerprint density at radius 2 is 1.66 bits per heavy atom. The summed E-state index contributed by atoms with van der Waals surface area (Å²) in [6.07, 6.45) is -1.53. The smallest absolute Gasteiger partial charge is 0.437 e. The van der Waals surface area contributed by atoms with Gasteiger partial charge in [-0.1, -0.05) is 5.21 Å². The average molecular weight is 561 g/mol. The summed E-state index contributed by atoms with van der Waals surface area (Å²) >= 11 is 0. The van der Waals surface area contributed by atoms with Crippen LogP contribution in [0.1, 0.15) is 54.2 Å². The molecule has 0 bridgehead atoms. The molecular weight excluding hydrogens is 527 g/mol. The molecule has 1 aliphatic rings. The zero-order chi connectivity index (χ0) is 28.3. The van der Waals surface area contributed by atoms with Crippen molar-refractivity contribution in [3.8, 4) is 0 Å². The number of hydrogen-bond donors (Lipinski definition) is 2. The number of nitrogens with zero attached hydrogens (tertiary/aromatic N) is 5. The van der Waals surface area contributed by atoms with Crippen LogP contribution in [0.4, 0.5) is 5.82 Å². The van der Waals surface area contributed by atoms with E-state index in [1.165, 1.54) is 11.0 Å². The maximum atomic E-state index is 13.2. The molecule has 1 saturated heterocycles. The van der Waals surface area contributed by atoms with Crippen molar-refractivity contribution in [3.05, 3.63) is 6.33 Å². The van der Waals surface area contributed by atoms with E-state index in [1.807, 2.05) is 0 Å². The van der Waals surface area contributed by atoms with Crippen LogP contribution in [0.2, 0.25) is 0 Å². The van der Waals surface area contributed by atoms with Crippen molar-refractivity contribution in [1.29, 1.82) is 0 Å². The minimum atomic E-state index is -4.46. The van der Waals surface area contributed by atoms with Crippen LogP contribution in [0.15, 0.2) is 6.33 Å². The van der Waals surface area contributed by atoms with Gasteiger partial charge in [-0.25, -0.2) is 23.6 Å². The topological polar surface area (TPSA) is 209 Å². The number of nitrogen functional groups attached to an aromatic ring is 1. The van der Waals surface area contributed by atoms with Crippen LogP contribution < -0.4 is 5.73 Å². The monoisotopic (exact) mass is 560 g/mol. The van der Waals surface area contributed by atoms with Gasteiger partial charge < -0.3 is 25.1 Å². The summed E-state index contributed by atoms with van der Waals surface area (Å²) in [5.74, 6) is -1.11. The first kappa shape index (κ1) is 29.8. The Morgan fingerprint density at radius 1 is 1.08 bits per heavy atom. The van der Waals surface area contributed by atoms with E-state index in [1.54, 1.807) is 41.5 Å². The van der Waals surface area contributed by atoms with Crippen LogP contribution >= 0.6 is 7.82 Å². The summed E-state index contributed by atoms with van der Waals surface area (Å²) in [7, 11) is -4.46. The Kier molecular flexibility index (Phi) is 9.06. The first-order chi connectivity index (χ1) is 17.6. The van der Waals surface area contributed by atoms with Crippen molar-refractivity contribution in [3.63, 3.8) is 0 Å². The van der Waals surface area contributed by atoms with Gasteiger partial charge in [0, 0.05) is 6.42 Å². The zero-order valence-electron chi connectivity index (χ0n) is 22.0. The van der Waals surface area contributed by atoms with Crippen molar-refractivity contribution >= 4 is 36.7 Å². The Hall–Kier alpha value is -2.75. The number of carbonyl (C=O) groups is 2. The van der Waals surface area contributed by atoms with Gasteiger partial charge in [0.1, 0.15) is 12.4 Å². The minimum Gasteiger partial charge on any atom is -0.437 e. The number of aromatic nitrogens is 5. The molecule has 2 aromatic heterocycles. The van der Waals surface area contributed by atoms with E-state index in [0.717, 1.165) is 0 Å². The molecule has 3 heterocycles. The number of anilines is 1. The normalized spacial score (nSPS) is 20.6. The molecular formula is C21H33N6O10P. The fourth-order valence-corrected chi connectivity index (χ4v) is 3.90. The summed E-state index contributed by atoms with van der Waals surface area (Å²) in [5, 5.41) is 18.4. The third-order valence-electron chi connectivity index (χ3n) is 5.19. The molecule has 0 spiro atoms. The van der Waals surface area contributed by atoms with Crippen molar-refractivity contribution in [2.24, 2.45) is 10.8 Å². The van der Waals surface area contributed by atoms with Gasteiger partial charge in [0.25, 0.3) is 0 Å². The largest absolute Gasteiger partial charge is 0.480 e. The number of rotatable bonds is 10. The number of phosphoric ester groups is 1. The summed E-state index contributed by atoms with van der Waals surface area (Å²) in [5.41, 5.74) is 4.68. The molecule has 3 atom stereocenters. The Morgan fingerprint density at radius 3 is 2.21 bits per heavy atom. The molecule has 0 radical (unpaired) electrons. The number of esters is 2. The lowest BCUT2D eigenvalue weighted by Crippen LogP contribution is -2.27. The second-order valence-electron chi connectivity index (χ2n) is 10.5. The number of hydrogen-bond acceptors (Lipinski definition) is 15. The fraction of sp³-hybridized carbons (Fsp3) is 0.714. The molecule has 3 N–H and O–H groups in total. The molecule has 0 unspecified atom stereocenters. The summed E-state index contributed by atoms with van der Waals surface area (Å²) in [6.45, 7) is 7.78. The lowest BCUT2D eigenvalue weighted by molar-refractivity contribution is -0.163. The summed E-state index contributed by atoms with van der Waals surface area (Å²) in [4.78, 5) is 32.0. The maximum Gasteiger partial charge on any atom is 0.480 e. The minimum absolute atomic E-state index is 0.0782. The van der Waals surface area contributed by atoms with Crippen molar-refractivity contribution in [2.75, 3.05) is 25.9 Å². The van der Waals surface area contributed by atoms with Gasteiger partial charge >= 0.3 is 19.8 Å². The first-order valence-corrected chi connectivity index (χ1v) is 13.1. The lowest BCUT2D eigenvalue weighted by Gasteiger charge is -2.23. The van der Waals surface area contributed by atoms with Crippen LogP contribution in [0.3, 0.4) is 0 Å². The fourth-order valence-electron chi connectivity index (χ4n) is 2.99. The molecule has 1 fully saturated rings. The van der Waals surface area contributed by atoms with Gasteiger partial charge in [0.15, 0.2) is 23.2 Å². The first-order valence-electron chi connectivity index (χ1n) is 11.6. The highest BCUT2D eigenvalue weighted by Crippen LogP contribution is 2.50. The second kappa shape index (κ2) is 11.6. The van der Waals surface area contributed by atoms with Crippen molar-refractivity contribution < 1.29 is 47.0 Å². The van der Waals surface area contributed by atoms with Gasteiger partial charge in [-0.15, -0.1) is 5.10 Å². The van der Waals surface area contributed by atoms with Crippen LogP contribution in [0.25, 0.3) is 11.2 Å². The Balaban J connectivity index is 1.64. The van der Waals surface area contributed by atoms with Crippen molar-refractivity contribution in [1.82, 2.24) is 25.0 Å². The van der Waals surface area contributed by atoms with E-state index in [0.29, 0.717) is 5.65 Å². The summed E-state index contributed by atoms with van der Waals surface area (Å²) < 4.78 is 45.9. The van der Waals surface area contributed by atoms with Gasteiger partial charge in [-0.2, -0.15) is 4.68 Å². The predicted octanol–water partition coefficient (Wildman–Crippen LogP) is 1.70. The molecule has 0 aromatic carbocycles. The maximum absolute atomic E-state index is 13.2. The Labute approximate surface area is 218 Å². The number of phosphoric acid groups is 1. The molecule has 38 heavy (non-hydrogen) atoms. The van der Waals surface area contributed by atoms with Gasteiger partial charge in [0.05, 0.1) is 23.5 Å². The standard InChI is InChI=1S/C21H33N6O10P/c1-20(2,3)18(29)32-10-35-38(31,36-11-33-19(30)21(4,5)6)34-8-13-12(28)7-14(37-13)27-17-15(25-26-27)16(22)23-9-24-17/h9,12-14,28H,7-8,10-11H2,1-6H3,(H2,22,23,24)/t12-,13+,14+/m0/s1. The van der Waals surface area contributed by atoms with Crippen molar-refractivity contribution in [2.45, 2.75) is 66.4 Å². The highest BCUT2D eigenvalue weighted by atomic mass is 31.2. The third-order valence-corrected chi connectivity index (χ3v) is 6.50. The molecule has 16 nitrogen and oxygen atoms in total. The number of ether oxygens (including phenoxy) is 3. The van der Waals surface area contributed by atoms with Gasteiger partial charge in [0.2, 0.25) is 13.6 Å². The molecule has 2 aromatic rings. The summed E-state index contributed by atoms with van der Waals surface area (Å²) in [6, 6.07) is 0. The van der Waals surface area contributed by atoms with E-state index in [-0.39, 0.29) is 17.8 Å². The number of fused-ring (bicyclic) bond motifs is 1. The van der Waals surface area contributed by atoms with Gasteiger partial charge in [-0.05, 0) is 41.5 Å². The molecule has 212 valence electrons. The van der Waals surface area contributed by atoms with E-state index in [9.17, 15) is 19.3 Å². The quantitative estimate of drug-likeness (QED) is 0.241. The second-order valence-corrected chi connectivity index (χ2v) is 12.2. The van der Waals surface area contributed by atoms with E-state index >= 15 is 0 Å². The molecule has 0 aliphatic carbocycles. The van der Waals surface area contributed by atoms with Crippen LogP contribution in [0.5, 0.6) is 0 Å². The van der Waals surface area contributed by atoms with E-state index in [4.69, 9.17) is 33.5 Å².